The average Bonchev–Trinajstić information content (AvgIpc) is 2.74. The zero-order chi connectivity index (χ0) is 19.8. The second kappa shape index (κ2) is 9.78. The minimum absolute atomic E-state index is 0.0445. The van der Waals surface area contributed by atoms with E-state index in [0.29, 0.717) is 18.7 Å². The van der Waals surface area contributed by atoms with E-state index in [0.717, 1.165) is 37.7 Å². The standard InChI is InChI=1S/C22H29N5O/c1-18-7-6-8-19(17-18)21(28)24-11-12-25-22(23-2)27-15-13-26(14-16-27)20-9-4-3-5-10-20/h3-10,17H,11-16H2,1-2H3,(H,23,25)(H,24,28). The maximum Gasteiger partial charge on any atom is 0.251 e. The summed E-state index contributed by atoms with van der Waals surface area (Å²) < 4.78 is 0. The van der Waals surface area contributed by atoms with E-state index in [1.807, 2.05) is 37.3 Å². The molecule has 3 rings (SSSR count). The van der Waals surface area contributed by atoms with Crippen molar-refractivity contribution >= 4 is 17.6 Å². The van der Waals surface area contributed by atoms with Crippen molar-refractivity contribution in [1.82, 2.24) is 15.5 Å². The molecule has 0 atom stereocenters. The number of benzene rings is 2. The van der Waals surface area contributed by atoms with Crippen LogP contribution in [-0.2, 0) is 0 Å². The highest BCUT2D eigenvalue weighted by molar-refractivity contribution is 5.94. The van der Waals surface area contributed by atoms with Crippen LogP contribution in [0.1, 0.15) is 15.9 Å². The van der Waals surface area contributed by atoms with Crippen LogP contribution in [-0.4, -0.2) is 63.1 Å². The number of anilines is 1. The summed E-state index contributed by atoms with van der Waals surface area (Å²) in [5.41, 5.74) is 3.05. The smallest absolute Gasteiger partial charge is 0.251 e. The van der Waals surface area contributed by atoms with Gasteiger partial charge in [0.1, 0.15) is 0 Å². The van der Waals surface area contributed by atoms with E-state index in [1.165, 1.54) is 5.69 Å². The molecule has 1 fully saturated rings. The molecule has 6 heteroatoms. The number of rotatable bonds is 5. The normalized spacial score (nSPS) is 14.7. The first-order valence-electron chi connectivity index (χ1n) is 9.78. The Balaban J connectivity index is 1.41. The zero-order valence-corrected chi connectivity index (χ0v) is 16.7. The van der Waals surface area contributed by atoms with Gasteiger partial charge >= 0.3 is 0 Å². The van der Waals surface area contributed by atoms with E-state index in [9.17, 15) is 4.79 Å². The van der Waals surface area contributed by atoms with Crippen LogP contribution in [0.5, 0.6) is 0 Å². The molecule has 0 aromatic heterocycles. The van der Waals surface area contributed by atoms with Gasteiger partial charge in [0, 0.05) is 57.6 Å². The van der Waals surface area contributed by atoms with E-state index < -0.39 is 0 Å². The van der Waals surface area contributed by atoms with Crippen molar-refractivity contribution in [2.75, 3.05) is 51.2 Å². The Morgan fingerprint density at radius 3 is 2.36 bits per heavy atom. The molecule has 2 N–H and O–H groups in total. The lowest BCUT2D eigenvalue weighted by atomic mass is 10.1. The molecule has 1 amide bonds. The second-order valence-corrected chi connectivity index (χ2v) is 6.91. The molecule has 0 unspecified atom stereocenters. The Morgan fingerprint density at radius 2 is 1.68 bits per heavy atom. The van der Waals surface area contributed by atoms with Crippen molar-refractivity contribution in [3.8, 4) is 0 Å². The number of nitrogens with zero attached hydrogens (tertiary/aromatic N) is 3. The van der Waals surface area contributed by atoms with Crippen molar-refractivity contribution in [3.05, 3.63) is 65.7 Å². The topological polar surface area (TPSA) is 60.0 Å². The fourth-order valence-corrected chi connectivity index (χ4v) is 3.39. The molecular formula is C22H29N5O. The van der Waals surface area contributed by atoms with Gasteiger partial charge in [0.25, 0.3) is 5.91 Å². The summed E-state index contributed by atoms with van der Waals surface area (Å²) in [4.78, 5) is 21.3. The van der Waals surface area contributed by atoms with Gasteiger partial charge in [-0.2, -0.15) is 0 Å². The SMILES string of the molecule is CN=C(NCCNC(=O)c1cccc(C)c1)N1CCN(c2ccccc2)CC1. The summed E-state index contributed by atoms with van der Waals surface area (Å²) in [5.74, 6) is 0.842. The number of carbonyl (C=O) groups is 1. The van der Waals surface area contributed by atoms with E-state index in [2.05, 4.69) is 49.7 Å². The van der Waals surface area contributed by atoms with E-state index in [1.54, 1.807) is 7.05 Å². The monoisotopic (exact) mass is 379 g/mol. The Hall–Kier alpha value is -3.02. The largest absolute Gasteiger partial charge is 0.368 e. The van der Waals surface area contributed by atoms with Crippen molar-refractivity contribution in [3.63, 3.8) is 0 Å². The summed E-state index contributed by atoms with van der Waals surface area (Å²) >= 11 is 0. The number of carbonyl (C=O) groups excluding carboxylic acids is 1. The first kappa shape index (κ1) is 19.7. The maximum atomic E-state index is 12.2. The highest BCUT2D eigenvalue weighted by Gasteiger charge is 2.19. The molecule has 28 heavy (non-hydrogen) atoms. The van der Waals surface area contributed by atoms with Crippen molar-refractivity contribution in [1.29, 1.82) is 0 Å². The summed E-state index contributed by atoms with van der Waals surface area (Å²) in [6.45, 7) is 6.96. The maximum absolute atomic E-state index is 12.2. The van der Waals surface area contributed by atoms with Crippen LogP contribution in [0.4, 0.5) is 5.69 Å². The van der Waals surface area contributed by atoms with Crippen LogP contribution < -0.4 is 15.5 Å². The highest BCUT2D eigenvalue weighted by atomic mass is 16.1. The Labute approximate surface area is 167 Å². The molecule has 1 saturated heterocycles. The number of piperazine rings is 1. The van der Waals surface area contributed by atoms with Crippen LogP contribution >= 0.6 is 0 Å². The number of aryl methyl sites for hydroxylation is 1. The molecular weight excluding hydrogens is 350 g/mol. The second-order valence-electron chi connectivity index (χ2n) is 6.91. The first-order valence-corrected chi connectivity index (χ1v) is 9.78. The van der Waals surface area contributed by atoms with Gasteiger partial charge < -0.3 is 20.4 Å². The van der Waals surface area contributed by atoms with Crippen LogP contribution in [0.25, 0.3) is 0 Å². The molecule has 148 valence electrons. The fraction of sp³-hybridized carbons (Fsp3) is 0.364. The Morgan fingerprint density at radius 1 is 0.964 bits per heavy atom. The van der Waals surface area contributed by atoms with Gasteiger partial charge in [0.2, 0.25) is 0 Å². The van der Waals surface area contributed by atoms with Crippen molar-refractivity contribution in [2.45, 2.75) is 6.92 Å². The molecule has 2 aromatic rings. The van der Waals surface area contributed by atoms with Gasteiger partial charge in [-0.3, -0.25) is 9.79 Å². The fourth-order valence-electron chi connectivity index (χ4n) is 3.39. The summed E-state index contributed by atoms with van der Waals surface area (Å²) in [6, 6.07) is 18.1. The van der Waals surface area contributed by atoms with Gasteiger partial charge in [-0.15, -0.1) is 0 Å². The molecule has 0 radical (unpaired) electrons. The van der Waals surface area contributed by atoms with Gasteiger partial charge in [-0.1, -0.05) is 35.9 Å². The molecule has 2 aromatic carbocycles. The Kier molecular flexibility index (Phi) is 6.89. The van der Waals surface area contributed by atoms with Gasteiger partial charge in [0.15, 0.2) is 5.96 Å². The van der Waals surface area contributed by atoms with Gasteiger partial charge in [0.05, 0.1) is 0 Å². The summed E-state index contributed by atoms with van der Waals surface area (Å²) in [6.07, 6.45) is 0. The lowest BCUT2D eigenvalue weighted by Crippen LogP contribution is -2.53. The quantitative estimate of drug-likeness (QED) is 0.475. The lowest BCUT2D eigenvalue weighted by molar-refractivity contribution is 0.0954. The molecule has 0 spiro atoms. The predicted octanol–water partition coefficient (Wildman–Crippen LogP) is 2.12. The lowest BCUT2D eigenvalue weighted by Gasteiger charge is -2.37. The number of hydrogen-bond donors (Lipinski definition) is 2. The predicted molar refractivity (Wildman–Crippen MR) is 115 cm³/mol. The van der Waals surface area contributed by atoms with Crippen LogP contribution in [0, 0.1) is 6.92 Å². The van der Waals surface area contributed by atoms with Crippen LogP contribution in [0.2, 0.25) is 0 Å². The zero-order valence-electron chi connectivity index (χ0n) is 16.7. The van der Waals surface area contributed by atoms with Gasteiger partial charge in [-0.25, -0.2) is 0 Å². The van der Waals surface area contributed by atoms with Crippen molar-refractivity contribution < 1.29 is 4.79 Å². The van der Waals surface area contributed by atoms with Gasteiger partial charge in [-0.05, 0) is 31.2 Å². The highest BCUT2D eigenvalue weighted by Crippen LogP contribution is 2.15. The minimum Gasteiger partial charge on any atom is -0.368 e. The minimum atomic E-state index is -0.0445. The Bertz CT molecular complexity index is 798. The van der Waals surface area contributed by atoms with Crippen molar-refractivity contribution in [2.24, 2.45) is 4.99 Å². The van der Waals surface area contributed by atoms with E-state index >= 15 is 0 Å². The summed E-state index contributed by atoms with van der Waals surface area (Å²) in [7, 11) is 1.80. The van der Waals surface area contributed by atoms with E-state index in [4.69, 9.17) is 0 Å². The molecule has 0 saturated carbocycles. The third-order valence-corrected chi connectivity index (χ3v) is 4.89. The molecule has 1 aliphatic rings. The molecule has 6 nitrogen and oxygen atoms in total. The van der Waals surface area contributed by atoms with Crippen LogP contribution in [0.3, 0.4) is 0 Å². The molecule has 1 aliphatic heterocycles. The molecule has 0 aliphatic carbocycles. The first-order chi connectivity index (χ1) is 13.7. The van der Waals surface area contributed by atoms with Crippen LogP contribution in [0.15, 0.2) is 59.6 Å². The number of amides is 1. The number of para-hydroxylation sites is 1. The summed E-state index contributed by atoms with van der Waals surface area (Å²) in [5, 5.41) is 6.31. The number of aliphatic imine (C=N–C) groups is 1. The third-order valence-electron chi connectivity index (χ3n) is 4.89. The number of hydrogen-bond acceptors (Lipinski definition) is 3. The third kappa shape index (κ3) is 5.25. The molecule has 1 heterocycles. The number of nitrogens with one attached hydrogen (secondary N) is 2. The van der Waals surface area contributed by atoms with E-state index in [-0.39, 0.29) is 5.91 Å². The average molecular weight is 380 g/mol. The molecule has 0 bridgehead atoms. The number of guanidine groups is 1.